The third kappa shape index (κ3) is 1.46. The molecule has 0 saturated carbocycles. The van der Waals surface area contributed by atoms with E-state index in [1.807, 2.05) is 19.1 Å². The quantitative estimate of drug-likeness (QED) is 0.575. The van der Waals surface area contributed by atoms with Gasteiger partial charge in [-0.3, -0.25) is 9.59 Å². The van der Waals surface area contributed by atoms with E-state index in [4.69, 9.17) is 9.47 Å². The van der Waals surface area contributed by atoms with Crippen LogP contribution in [0.5, 0.6) is 5.88 Å². The highest BCUT2D eigenvalue weighted by molar-refractivity contribution is 6.22. The number of rotatable bonds is 2. The van der Waals surface area contributed by atoms with Crippen LogP contribution in [0.4, 0.5) is 5.82 Å². The van der Waals surface area contributed by atoms with E-state index in [0.717, 1.165) is 4.90 Å². The summed E-state index contributed by atoms with van der Waals surface area (Å²) in [6.07, 6.45) is 3.40. The van der Waals surface area contributed by atoms with Gasteiger partial charge in [0, 0.05) is 6.07 Å². The Labute approximate surface area is 120 Å². The molecule has 4 atom stereocenters. The Morgan fingerprint density at radius 2 is 2.10 bits per heavy atom. The monoisotopic (exact) mass is 287 g/mol. The summed E-state index contributed by atoms with van der Waals surface area (Å²) in [5, 5.41) is 7.71. The van der Waals surface area contributed by atoms with Crippen molar-refractivity contribution in [2.45, 2.75) is 18.6 Å². The van der Waals surface area contributed by atoms with Crippen LogP contribution >= 0.6 is 0 Å². The maximum absolute atomic E-state index is 12.6. The summed E-state index contributed by atoms with van der Waals surface area (Å²) in [6.45, 7) is 1.84. The highest BCUT2D eigenvalue weighted by atomic mass is 16.5. The zero-order valence-corrected chi connectivity index (χ0v) is 11.5. The molecular weight excluding hydrogens is 274 g/mol. The van der Waals surface area contributed by atoms with E-state index in [-0.39, 0.29) is 23.7 Å². The van der Waals surface area contributed by atoms with Crippen molar-refractivity contribution in [2.75, 3.05) is 12.0 Å². The molecule has 2 saturated heterocycles. The highest BCUT2D eigenvalue weighted by Gasteiger charge is 2.66. The van der Waals surface area contributed by atoms with Crippen LogP contribution in [0.15, 0.2) is 24.3 Å². The molecule has 3 aliphatic rings. The summed E-state index contributed by atoms with van der Waals surface area (Å²) < 4.78 is 10.7. The van der Waals surface area contributed by atoms with Crippen LogP contribution in [0.25, 0.3) is 0 Å². The van der Waals surface area contributed by atoms with Gasteiger partial charge in [-0.1, -0.05) is 12.2 Å². The van der Waals surface area contributed by atoms with E-state index in [1.165, 1.54) is 7.11 Å². The van der Waals surface area contributed by atoms with Crippen LogP contribution in [0.3, 0.4) is 0 Å². The predicted molar refractivity (Wildman–Crippen MR) is 70.5 cm³/mol. The number of anilines is 1. The molecule has 0 N–H and O–H groups in total. The van der Waals surface area contributed by atoms with Crippen molar-refractivity contribution in [3.8, 4) is 5.88 Å². The fourth-order valence-electron chi connectivity index (χ4n) is 3.42. The van der Waals surface area contributed by atoms with E-state index in [2.05, 4.69) is 10.2 Å². The Kier molecular flexibility index (Phi) is 2.30. The number of carbonyl (C=O) groups excluding carboxylic acids is 2. The summed E-state index contributed by atoms with van der Waals surface area (Å²) in [5.41, 5.74) is -0.698. The minimum absolute atomic E-state index is 0.225. The molecule has 0 radical (unpaired) electrons. The molecule has 108 valence electrons. The first-order valence-corrected chi connectivity index (χ1v) is 6.68. The maximum Gasteiger partial charge on any atom is 0.242 e. The Balaban J connectivity index is 1.72. The van der Waals surface area contributed by atoms with Gasteiger partial charge in [0.1, 0.15) is 0 Å². The molecule has 21 heavy (non-hydrogen) atoms. The van der Waals surface area contributed by atoms with Crippen LogP contribution in [0.1, 0.15) is 6.92 Å². The van der Waals surface area contributed by atoms with E-state index >= 15 is 0 Å². The van der Waals surface area contributed by atoms with Crippen molar-refractivity contribution in [3.63, 3.8) is 0 Å². The number of methoxy groups -OCH3 is 1. The van der Waals surface area contributed by atoms with Crippen LogP contribution in [0.2, 0.25) is 0 Å². The lowest BCUT2D eigenvalue weighted by molar-refractivity contribution is -0.126. The fourth-order valence-corrected chi connectivity index (χ4v) is 3.42. The van der Waals surface area contributed by atoms with E-state index < -0.39 is 17.4 Å². The summed E-state index contributed by atoms with van der Waals surface area (Å²) in [6, 6.07) is 3.13. The highest BCUT2D eigenvalue weighted by Crippen LogP contribution is 2.51. The Morgan fingerprint density at radius 1 is 1.29 bits per heavy atom. The van der Waals surface area contributed by atoms with Crippen molar-refractivity contribution in [2.24, 2.45) is 11.8 Å². The van der Waals surface area contributed by atoms with Crippen molar-refractivity contribution >= 4 is 17.6 Å². The molecule has 0 aliphatic carbocycles. The largest absolute Gasteiger partial charge is 0.480 e. The molecule has 4 rings (SSSR count). The number of carbonyl (C=O) groups is 2. The number of hydrogen-bond donors (Lipinski definition) is 0. The summed E-state index contributed by atoms with van der Waals surface area (Å²) in [7, 11) is 1.47. The van der Waals surface area contributed by atoms with Gasteiger partial charge in [0.15, 0.2) is 5.82 Å². The molecule has 0 unspecified atom stereocenters. The molecule has 7 nitrogen and oxygen atoms in total. The lowest BCUT2D eigenvalue weighted by atomic mass is 9.78. The first-order valence-electron chi connectivity index (χ1n) is 6.68. The van der Waals surface area contributed by atoms with Gasteiger partial charge in [-0.25, -0.2) is 4.90 Å². The third-order valence-corrected chi connectivity index (χ3v) is 4.39. The van der Waals surface area contributed by atoms with Crippen molar-refractivity contribution in [3.05, 3.63) is 24.3 Å². The maximum atomic E-state index is 12.6. The second kappa shape index (κ2) is 3.88. The van der Waals surface area contributed by atoms with Gasteiger partial charge < -0.3 is 9.47 Å². The molecule has 0 aromatic carbocycles. The summed E-state index contributed by atoms with van der Waals surface area (Å²) in [4.78, 5) is 26.3. The van der Waals surface area contributed by atoms with Crippen molar-refractivity contribution in [1.82, 2.24) is 10.2 Å². The third-order valence-electron chi connectivity index (χ3n) is 4.39. The van der Waals surface area contributed by atoms with Crippen molar-refractivity contribution < 1.29 is 19.1 Å². The zero-order valence-electron chi connectivity index (χ0n) is 11.5. The lowest BCUT2D eigenvalue weighted by Crippen LogP contribution is -2.39. The van der Waals surface area contributed by atoms with Gasteiger partial charge in [-0.05, 0) is 13.0 Å². The van der Waals surface area contributed by atoms with Crippen LogP contribution < -0.4 is 9.64 Å². The molecule has 1 aromatic heterocycles. The number of aromatic nitrogens is 2. The SMILES string of the molecule is COc1ccc(N2C(=O)[C@H]3[C@@H](C2=O)[C@@]2(C)C=C[C@H]3O2)nn1. The molecule has 7 heteroatoms. The van der Waals surface area contributed by atoms with Gasteiger partial charge in [-0.15, -0.1) is 10.2 Å². The first-order chi connectivity index (χ1) is 10.0. The summed E-state index contributed by atoms with van der Waals surface area (Å²) >= 11 is 0. The Bertz CT molecular complexity index is 671. The fraction of sp³-hybridized carbons (Fsp3) is 0.429. The van der Waals surface area contributed by atoms with Gasteiger partial charge in [0.2, 0.25) is 17.7 Å². The van der Waals surface area contributed by atoms with Gasteiger partial charge >= 0.3 is 0 Å². The van der Waals surface area contributed by atoms with Crippen LogP contribution in [0, 0.1) is 11.8 Å². The van der Waals surface area contributed by atoms with Crippen LogP contribution in [-0.2, 0) is 14.3 Å². The van der Waals surface area contributed by atoms with Crippen LogP contribution in [-0.4, -0.2) is 40.8 Å². The van der Waals surface area contributed by atoms with Crippen molar-refractivity contribution in [1.29, 1.82) is 0 Å². The minimum atomic E-state index is -0.698. The predicted octanol–water partition coefficient (Wildman–Crippen LogP) is 0.318. The molecular formula is C14H13N3O4. The molecule has 1 aromatic rings. The normalized spacial score (nSPS) is 36.5. The average molecular weight is 287 g/mol. The average Bonchev–Trinajstić information content (AvgIpc) is 3.09. The molecule has 2 amide bonds. The number of ether oxygens (including phenoxy) is 2. The molecule has 2 fully saturated rings. The van der Waals surface area contributed by atoms with E-state index in [1.54, 1.807) is 12.1 Å². The molecule has 0 spiro atoms. The molecule has 3 aliphatic heterocycles. The first kappa shape index (κ1) is 12.5. The second-order valence-electron chi connectivity index (χ2n) is 5.57. The number of amides is 2. The lowest BCUT2D eigenvalue weighted by Gasteiger charge is -2.23. The van der Waals surface area contributed by atoms with Gasteiger partial charge in [0.25, 0.3) is 0 Å². The minimum Gasteiger partial charge on any atom is -0.480 e. The van der Waals surface area contributed by atoms with Gasteiger partial charge in [-0.2, -0.15) is 0 Å². The zero-order chi connectivity index (χ0) is 14.8. The Hall–Kier alpha value is -2.28. The van der Waals surface area contributed by atoms with Gasteiger partial charge in [0.05, 0.1) is 30.7 Å². The topological polar surface area (TPSA) is 81.6 Å². The molecule has 2 bridgehead atoms. The number of hydrogen-bond acceptors (Lipinski definition) is 6. The Morgan fingerprint density at radius 3 is 2.71 bits per heavy atom. The van der Waals surface area contributed by atoms with E-state index in [9.17, 15) is 9.59 Å². The molecule has 4 heterocycles. The summed E-state index contributed by atoms with van der Waals surface area (Å²) in [5.74, 6) is -0.945. The number of fused-ring (bicyclic) bond motifs is 5. The standard InChI is InChI=1S/C14H13N3O4/c1-14-6-5-7(21-14)10-11(14)13(19)17(12(10)18)8-3-4-9(20-2)16-15-8/h3-7,10-11H,1-2H3/t7-,10-,11+,14-/m1/s1. The number of nitrogens with zero attached hydrogens (tertiary/aromatic N) is 3. The second-order valence-corrected chi connectivity index (χ2v) is 5.57. The smallest absolute Gasteiger partial charge is 0.242 e. The number of imide groups is 1. The van der Waals surface area contributed by atoms with E-state index in [0.29, 0.717) is 5.88 Å².